The van der Waals surface area contributed by atoms with Gasteiger partial charge in [0.05, 0.1) is 12.6 Å². The van der Waals surface area contributed by atoms with E-state index >= 15 is 0 Å². The first-order valence-corrected chi connectivity index (χ1v) is 12.0. The van der Waals surface area contributed by atoms with Gasteiger partial charge < -0.3 is 21.4 Å². The minimum Gasteiger partial charge on any atom is -0.384 e. The SMILES string of the molecule is CN1NN(CCCCN(N)/C=C(\N)NC(=O)Cc2ccccn2)C=C1C(=O)NCc1cc(Cl)ccc1F. The molecule has 1 aliphatic heterocycles. The van der Waals surface area contributed by atoms with Crippen molar-refractivity contribution in [1.82, 2.24) is 36.2 Å². The highest BCUT2D eigenvalue weighted by Crippen LogP contribution is 2.15. The van der Waals surface area contributed by atoms with Gasteiger partial charge in [-0.05, 0) is 43.2 Å². The number of hydrogen-bond donors (Lipinski definition) is 5. The van der Waals surface area contributed by atoms with Crippen molar-refractivity contribution in [2.45, 2.75) is 25.8 Å². The Morgan fingerprint density at radius 1 is 1.27 bits per heavy atom. The molecular weight excluding hydrogens is 501 g/mol. The minimum absolute atomic E-state index is 0.0169. The number of carbonyl (C=O) groups is 2. The summed E-state index contributed by atoms with van der Waals surface area (Å²) < 4.78 is 13.9. The van der Waals surface area contributed by atoms with Gasteiger partial charge in [0, 0.05) is 55.4 Å². The molecule has 1 aromatic heterocycles. The third-order valence-corrected chi connectivity index (χ3v) is 5.55. The summed E-state index contributed by atoms with van der Waals surface area (Å²) in [6.45, 7) is 1.13. The molecule has 0 atom stereocenters. The highest BCUT2D eigenvalue weighted by atomic mass is 35.5. The van der Waals surface area contributed by atoms with Gasteiger partial charge in [0.25, 0.3) is 5.91 Å². The molecule has 2 amide bonds. The zero-order valence-corrected chi connectivity index (χ0v) is 21.2. The average molecular weight is 532 g/mol. The van der Waals surface area contributed by atoms with Gasteiger partial charge in [-0.1, -0.05) is 17.7 Å². The highest BCUT2D eigenvalue weighted by molar-refractivity contribution is 6.30. The summed E-state index contributed by atoms with van der Waals surface area (Å²) in [5.74, 6) is 5.03. The first-order chi connectivity index (χ1) is 17.7. The van der Waals surface area contributed by atoms with Crippen LogP contribution in [0.3, 0.4) is 0 Å². The maximum atomic E-state index is 13.9. The first-order valence-electron chi connectivity index (χ1n) is 11.6. The van der Waals surface area contributed by atoms with Crippen LogP contribution < -0.4 is 27.7 Å². The van der Waals surface area contributed by atoms with Crippen molar-refractivity contribution in [1.29, 1.82) is 0 Å². The Morgan fingerprint density at radius 2 is 2.08 bits per heavy atom. The van der Waals surface area contributed by atoms with E-state index in [1.807, 2.05) is 6.07 Å². The lowest BCUT2D eigenvalue weighted by Crippen LogP contribution is -2.41. The number of nitrogens with two attached hydrogens (primary N) is 2. The van der Waals surface area contributed by atoms with Gasteiger partial charge in [-0.15, -0.1) is 5.53 Å². The molecule has 0 saturated carbocycles. The van der Waals surface area contributed by atoms with E-state index in [4.69, 9.17) is 23.2 Å². The molecule has 0 spiro atoms. The van der Waals surface area contributed by atoms with Gasteiger partial charge in [0.1, 0.15) is 17.3 Å². The predicted molar refractivity (Wildman–Crippen MR) is 137 cm³/mol. The molecule has 2 heterocycles. The Balaban J connectivity index is 1.37. The van der Waals surface area contributed by atoms with Gasteiger partial charge in [0.15, 0.2) is 0 Å². The Morgan fingerprint density at radius 3 is 2.84 bits per heavy atom. The first kappa shape index (κ1) is 27.7. The zero-order valence-electron chi connectivity index (χ0n) is 20.5. The molecule has 2 aromatic rings. The fourth-order valence-corrected chi connectivity index (χ4v) is 3.70. The molecule has 198 valence electrons. The van der Waals surface area contributed by atoms with Crippen molar-refractivity contribution in [2.75, 3.05) is 20.1 Å². The van der Waals surface area contributed by atoms with E-state index in [-0.39, 0.29) is 30.6 Å². The van der Waals surface area contributed by atoms with Gasteiger partial charge in [-0.2, -0.15) is 0 Å². The second-order valence-electron chi connectivity index (χ2n) is 8.36. The summed E-state index contributed by atoms with van der Waals surface area (Å²) in [4.78, 5) is 28.7. The molecule has 1 aliphatic rings. The van der Waals surface area contributed by atoms with E-state index in [1.54, 1.807) is 41.6 Å². The molecule has 0 unspecified atom stereocenters. The van der Waals surface area contributed by atoms with E-state index in [9.17, 15) is 14.0 Å². The lowest BCUT2D eigenvalue weighted by molar-refractivity contribution is -0.120. The lowest BCUT2D eigenvalue weighted by atomic mass is 10.2. The quantitative estimate of drug-likeness (QED) is 0.154. The maximum Gasteiger partial charge on any atom is 0.270 e. The number of carbonyl (C=O) groups excluding carboxylic acids is 2. The normalized spacial score (nSPS) is 13.4. The van der Waals surface area contributed by atoms with Crippen LogP contribution in [-0.2, 0) is 22.6 Å². The Labute approximate surface area is 219 Å². The number of benzene rings is 1. The summed E-state index contributed by atoms with van der Waals surface area (Å²) in [5.41, 5.74) is 10.3. The number of hydrazine groups is 3. The van der Waals surface area contributed by atoms with Gasteiger partial charge in [0.2, 0.25) is 5.91 Å². The number of aromatic nitrogens is 1. The van der Waals surface area contributed by atoms with Crippen LogP contribution in [0.25, 0.3) is 0 Å². The average Bonchev–Trinajstić information content (AvgIpc) is 3.23. The Hall–Kier alpha value is -3.87. The molecule has 0 radical (unpaired) electrons. The summed E-state index contributed by atoms with van der Waals surface area (Å²) in [5, 5.41) is 10.4. The third-order valence-electron chi connectivity index (χ3n) is 5.32. The van der Waals surface area contributed by atoms with E-state index < -0.39 is 5.82 Å². The van der Waals surface area contributed by atoms with Crippen LogP contribution in [0, 0.1) is 5.82 Å². The molecule has 0 saturated heterocycles. The summed E-state index contributed by atoms with van der Waals surface area (Å²) in [7, 11) is 1.71. The highest BCUT2D eigenvalue weighted by Gasteiger charge is 2.23. The molecule has 37 heavy (non-hydrogen) atoms. The number of rotatable bonds is 12. The predicted octanol–water partition coefficient (Wildman–Crippen LogP) is 1.07. The number of pyridine rings is 1. The van der Waals surface area contributed by atoms with E-state index in [2.05, 4.69) is 21.2 Å². The zero-order chi connectivity index (χ0) is 26.8. The molecular formula is C24H31ClFN9O2. The molecule has 0 aliphatic carbocycles. The smallest absolute Gasteiger partial charge is 0.270 e. The minimum atomic E-state index is -0.435. The Bertz CT molecular complexity index is 1150. The molecule has 1 aromatic carbocycles. The van der Waals surface area contributed by atoms with Crippen molar-refractivity contribution in [2.24, 2.45) is 11.6 Å². The largest absolute Gasteiger partial charge is 0.384 e. The van der Waals surface area contributed by atoms with Crippen LogP contribution >= 0.6 is 11.6 Å². The number of halogens is 2. The maximum absolute atomic E-state index is 13.9. The van der Waals surface area contributed by atoms with Crippen molar-refractivity contribution in [3.63, 3.8) is 0 Å². The number of nitrogens with zero attached hydrogens (tertiary/aromatic N) is 4. The fraction of sp³-hybridized carbons (Fsp3) is 0.292. The molecule has 7 N–H and O–H groups in total. The number of unbranched alkanes of at least 4 members (excludes halogenated alkanes) is 1. The van der Waals surface area contributed by atoms with Crippen molar-refractivity contribution in [3.8, 4) is 0 Å². The van der Waals surface area contributed by atoms with Crippen LogP contribution in [0.4, 0.5) is 4.39 Å². The van der Waals surface area contributed by atoms with Crippen molar-refractivity contribution < 1.29 is 14.0 Å². The van der Waals surface area contributed by atoms with Gasteiger partial charge in [-0.3, -0.25) is 24.6 Å². The van der Waals surface area contributed by atoms with E-state index in [1.165, 1.54) is 29.4 Å². The van der Waals surface area contributed by atoms with Crippen molar-refractivity contribution >= 4 is 23.4 Å². The number of nitrogens with one attached hydrogen (secondary N) is 3. The standard InChI is InChI=1S/C24H31ClFN9O2/c1-33-21(24(37)30-14-17-12-18(25)7-8-20(17)26)15-35(32-33)11-5-4-10-34(28)16-22(27)31-23(36)13-19-6-2-3-9-29-19/h2-3,6-9,12,15-16,32H,4-5,10-11,13-14,27-28H2,1H3,(H,30,37)(H,31,36)/b22-16+. The van der Waals surface area contributed by atoms with E-state index in [0.717, 1.165) is 12.8 Å². The lowest BCUT2D eigenvalue weighted by Gasteiger charge is -2.21. The fourth-order valence-electron chi connectivity index (χ4n) is 3.50. The van der Waals surface area contributed by atoms with Crippen LogP contribution in [0.15, 0.2) is 66.5 Å². The monoisotopic (exact) mass is 531 g/mol. The second-order valence-corrected chi connectivity index (χ2v) is 8.80. The van der Waals surface area contributed by atoms with Crippen LogP contribution in [0.1, 0.15) is 24.1 Å². The topological polar surface area (TPSA) is 145 Å². The molecule has 13 heteroatoms. The molecule has 0 fully saturated rings. The molecule has 11 nitrogen and oxygen atoms in total. The van der Waals surface area contributed by atoms with Gasteiger partial charge >= 0.3 is 0 Å². The summed E-state index contributed by atoms with van der Waals surface area (Å²) >= 11 is 5.90. The molecule has 3 rings (SSSR count). The molecule has 0 bridgehead atoms. The van der Waals surface area contributed by atoms with Gasteiger partial charge in [-0.25, -0.2) is 10.2 Å². The number of amides is 2. The summed E-state index contributed by atoms with van der Waals surface area (Å²) in [6, 6.07) is 9.54. The van der Waals surface area contributed by atoms with Crippen LogP contribution in [-0.4, -0.2) is 52.0 Å². The number of hydrogen-bond acceptors (Lipinski definition) is 9. The van der Waals surface area contributed by atoms with Crippen LogP contribution in [0.5, 0.6) is 0 Å². The van der Waals surface area contributed by atoms with E-state index in [0.29, 0.717) is 35.1 Å². The Kier molecular flexibility index (Phi) is 10.1. The number of likely N-dealkylation sites (N-methyl/N-ethyl adjacent to an activating group) is 1. The van der Waals surface area contributed by atoms with Crippen LogP contribution in [0.2, 0.25) is 5.02 Å². The van der Waals surface area contributed by atoms with Crippen molar-refractivity contribution in [3.05, 3.63) is 88.6 Å². The summed E-state index contributed by atoms with van der Waals surface area (Å²) in [6.07, 6.45) is 6.36. The second kappa shape index (κ2) is 13.4. The third kappa shape index (κ3) is 8.94.